The first kappa shape index (κ1) is 14.0. The number of amides is 1. The van der Waals surface area contributed by atoms with E-state index < -0.39 is 0 Å². The molecule has 1 heterocycles. The molecule has 0 saturated carbocycles. The van der Waals surface area contributed by atoms with Crippen molar-refractivity contribution in [3.8, 4) is 0 Å². The molecule has 0 bridgehead atoms. The van der Waals surface area contributed by atoms with E-state index in [-0.39, 0.29) is 17.8 Å². The van der Waals surface area contributed by atoms with Crippen molar-refractivity contribution < 1.29 is 9.18 Å². The number of hydrogen-bond acceptors (Lipinski definition) is 2. The fraction of sp³-hybridized carbons (Fsp3) is 0.533. The summed E-state index contributed by atoms with van der Waals surface area (Å²) in [7, 11) is 0. The minimum atomic E-state index is -0.185. The number of rotatable bonds is 4. The summed E-state index contributed by atoms with van der Waals surface area (Å²) < 4.78 is 13.4. The van der Waals surface area contributed by atoms with Gasteiger partial charge in [-0.05, 0) is 37.3 Å². The van der Waals surface area contributed by atoms with Crippen molar-refractivity contribution in [1.29, 1.82) is 0 Å². The molecule has 1 aromatic carbocycles. The minimum absolute atomic E-state index is 0.115. The lowest BCUT2D eigenvalue weighted by atomic mass is 10.0. The van der Waals surface area contributed by atoms with E-state index in [2.05, 4.69) is 0 Å². The van der Waals surface area contributed by atoms with E-state index in [1.807, 2.05) is 11.0 Å². The lowest BCUT2D eigenvalue weighted by Crippen LogP contribution is -2.45. The van der Waals surface area contributed by atoms with Gasteiger partial charge < -0.3 is 10.6 Å². The summed E-state index contributed by atoms with van der Waals surface area (Å²) in [6, 6.07) is 6.85. The number of nitrogens with two attached hydrogens (primary N) is 1. The summed E-state index contributed by atoms with van der Waals surface area (Å²) in [4.78, 5) is 13.8. The molecule has 104 valence electrons. The molecule has 1 amide bonds. The molecule has 4 heteroatoms. The number of hydrogen-bond donors (Lipinski definition) is 1. The Balaban J connectivity index is 1.76. The van der Waals surface area contributed by atoms with E-state index >= 15 is 0 Å². The number of aryl methyl sites for hydroxylation is 1. The van der Waals surface area contributed by atoms with Crippen LogP contribution in [0.15, 0.2) is 24.3 Å². The maximum absolute atomic E-state index is 13.4. The average Bonchev–Trinajstić information content (AvgIpc) is 2.41. The van der Waals surface area contributed by atoms with E-state index in [1.165, 1.54) is 6.07 Å². The average molecular weight is 264 g/mol. The van der Waals surface area contributed by atoms with Crippen molar-refractivity contribution in [2.24, 2.45) is 5.73 Å². The van der Waals surface area contributed by atoms with Crippen LogP contribution < -0.4 is 5.73 Å². The predicted molar refractivity (Wildman–Crippen MR) is 73.1 cm³/mol. The summed E-state index contributed by atoms with van der Waals surface area (Å²) in [6.45, 7) is 1.48. The Hall–Kier alpha value is -1.42. The summed E-state index contributed by atoms with van der Waals surface area (Å²) in [5.41, 5.74) is 6.54. The molecule has 3 nitrogen and oxygen atoms in total. The molecular weight excluding hydrogens is 243 g/mol. The number of benzene rings is 1. The van der Waals surface area contributed by atoms with E-state index in [4.69, 9.17) is 5.73 Å². The van der Waals surface area contributed by atoms with E-state index in [0.29, 0.717) is 31.4 Å². The van der Waals surface area contributed by atoms with Gasteiger partial charge in [0.05, 0.1) is 0 Å². The molecule has 0 aliphatic carbocycles. The van der Waals surface area contributed by atoms with Gasteiger partial charge in [-0.3, -0.25) is 4.79 Å². The number of carbonyl (C=O) groups is 1. The van der Waals surface area contributed by atoms with Crippen LogP contribution >= 0.6 is 0 Å². The maximum atomic E-state index is 13.4. The zero-order chi connectivity index (χ0) is 13.7. The van der Waals surface area contributed by atoms with Crippen LogP contribution in [0.25, 0.3) is 0 Å². The highest BCUT2D eigenvalue weighted by molar-refractivity contribution is 5.76. The fourth-order valence-electron chi connectivity index (χ4n) is 2.53. The van der Waals surface area contributed by atoms with E-state index in [0.717, 1.165) is 19.4 Å². The van der Waals surface area contributed by atoms with Crippen LogP contribution in [0, 0.1) is 5.82 Å². The Labute approximate surface area is 113 Å². The van der Waals surface area contributed by atoms with E-state index in [1.54, 1.807) is 12.1 Å². The SMILES string of the molecule is NC1CCCN(C(=O)CCCc2ccccc2F)C1. The van der Waals surface area contributed by atoms with Gasteiger partial charge in [0.1, 0.15) is 5.82 Å². The molecule has 1 saturated heterocycles. The molecule has 1 aromatic rings. The van der Waals surface area contributed by atoms with E-state index in [9.17, 15) is 9.18 Å². The van der Waals surface area contributed by atoms with Crippen molar-refractivity contribution >= 4 is 5.91 Å². The molecule has 2 N–H and O–H groups in total. The monoisotopic (exact) mass is 264 g/mol. The zero-order valence-corrected chi connectivity index (χ0v) is 11.1. The van der Waals surface area contributed by atoms with Gasteiger partial charge in [-0.2, -0.15) is 0 Å². The Morgan fingerprint density at radius 1 is 1.42 bits per heavy atom. The molecule has 0 aromatic heterocycles. The van der Waals surface area contributed by atoms with Crippen molar-refractivity contribution in [3.05, 3.63) is 35.6 Å². The number of likely N-dealkylation sites (tertiary alicyclic amines) is 1. The van der Waals surface area contributed by atoms with Gasteiger partial charge in [0, 0.05) is 25.6 Å². The second kappa shape index (κ2) is 6.66. The zero-order valence-electron chi connectivity index (χ0n) is 11.1. The van der Waals surface area contributed by atoms with Crippen LogP contribution in [0.5, 0.6) is 0 Å². The standard InChI is InChI=1S/C15H21FN2O/c16-14-8-2-1-5-12(14)6-3-9-15(19)18-10-4-7-13(17)11-18/h1-2,5,8,13H,3-4,6-7,9-11,17H2. The van der Waals surface area contributed by atoms with Gasteiger partial charge in [-0.1, -0.05) is 18.2 Å². The van der Waals surface area contributed by atoms with Crippen LogP contribution in [0.1, 0.15) is 31.2 Å². The maximum Gasteiger partial charge on any atom is 0.222 e. The molecule has 2 rings (SSSR count). The van der Waals surface area contributed by atoms with Crippen molar-refractivity contribution in [2.75, 3.05) is 13.1 Å². The Kier molecular flexibility index (Phi) is 4.91. The lowest BCUT2D eigenvalue weighted by Gasteiger charge is -2.30. The molecule has 1 fully saturated rings. The van der Waals surface area contributed by atoms with Crippen LogP contribution in [0.3, 0.4) is 0 Å². The lowest BCUT2D eigenvalue weighted by molar-refractivity contribution is -0.132. The summed E-state index contributed by atoms with van der Waals surface area (Å²) in [6.07, 6.45) is 3.75. The molecule has 1 aliphatic heterocycles. The van der Waals surface area contributed by atoms with Crippen molar-refractivity contribution in [2.45, 2.75) is 38.1 Å². The number of carbonyl (C=O) groups excluding carboxylic acids is 1. The summed E-state index contributed by atoms with van der Waals surface area (Å²) in [5, 5.41) is 0. The number of piperidine rings is 1. The first-order valence-electron chi connectivity index (χ1n) is 6.93. The van der Waals surface area contributed by atoms with Crippen molar-refractivity contribution in [1.82, 2.24) is 4.90 Å². The van der Waals surface area contributed by atoms with Gasteiger partial charge in [-0.15, -0.1) is 0 Å². The van der Waals surface area contributed by atoms with Crippen LogP contribution in [0.4, 0.5) is 4.39 Å². The van der Waals surface area contributed by atoms with Gasteiger partial charge in [0.15, 0.2) is 0 Å². The third-order valence-electron chi connectivity index (χ3n) is 3.61. The fourth-order valence-corrected chi connectivity index (χ4v) is 2.53. The van der Waals surface area contributed by atoms with Gasteiger partial charge in [0.2, 0.25) is 5.91 Å². The van der Waals surface area contributed by atoms with Crippen LogP contribution in [-0.4, -0.2) is 29.9 Å². The smallest absolute Gasteiger partial charge is 0.222 e. The predicted octanol–water partition coefficient (Wildman–Crippen LogP) is 2.10. The third-order valence-corrected chi connectivity index (χ3v) is 3.61. The Morgan fingerprint density at radius 2 is 2.21 bits per heavy atom. The minimum Gasteiger partial charge on any atom is -0.341 e. The highest BCUT2D eigenvalue weighted by atomic mass is 19.1. The topological polar surface area (TPSA) is 46.3 Å². The molecule has 1 aliphatic rings. The number of halogens is 1. The summed E-state index contributed by atoms with van der Waals surface area (Å²) in [5.74, 6) is -0.0403. The quantitative estimate of drug-likeness (QED) is 0.905. The third kappa shape index (κ3) is 4.03. The molecule has 19 heavy (non-hydrogen) atoms. The Morgan fingerprint density at radius 3 is 2.95 bits per heavy atom. The number of nitrogens with zero attached hydrogens (tertiary/aromatic N) is 1. The molecule has 0 spiro atoms. The second-order valence-corrected chi connectivity index (χ2v) is 5.19. The molecular formula is C15H21FN2O. The van der Waals surface area contributed by atoms with Gasteiger partial charge in [-0.25, -0.2) is 4.39 Å². The van der Waals surface area contributed by atoms with Crippen molar-refractivity contribution in [3.63, 3.8) is 0 Å². The normalized spacial score (nSPS) is 19.5. The largest absolute Gasteiger partial charge is 0.341 e. The Bertz CT molecular complexity index is 436. The van der Waals surface area contributed by atoms with Crippen LogP contribution in [-0.2, 0) is 11.2 Å². The van der Waals surface area contributed by atoms with Gasteiger partial charge >= 0.3 is 0 Å². The first-order chi connectivity index (χ1) is 9.16. The summed E-state index contributed by atoms with van der Waals surface area (Å²) >= 11 is 0. The molecule has 1 atom stereocenters. The van der Waals surface area contributed by atoms with Crippen LogP contribution in [0.2, 0.25) is 0 Å². The molecule has 1 unspecified atom stereocenters. The highest BCUT2D eigenvalue weighted by Gasteiger charge is 2.20. The first-order valence-corrected chi connectivity index (χ1v) is 6.93. The van der Waals surface area contributed by atoms with Gasteiger partial charge in [0.25, 0.3) is 0 Å². The second-order valence-electron chi connectivity index (χ2n) is 5.19. The molecule has 0 radical (unpaired) electrons. The highest BCUT2D eigenvalue weighted by Crippen LogP contribution is 2.13.